The van der Waals surface area contributed by atoms with E-state index in [1.165, 1.54) is 6.07 Å². The fourth-order valence-electron chi connectivity index (χ4n) is 0.751. The van der Waals surface area contributed by atoms with Crippen molar-refractivity contribution < 1.29 is 17.6 Å². The lowest BCUT2D eigenvalue weighted by Crippen LogP contribution is -2.00. The maximum atomic E-state index is 12.8. The topological polar surface area (TPSA) is 0 Å². The van der Waals surface area contributed by atoms with E-state index >= 15 is 0 Å². The summed E-state index contributed by atoms with van der Waals surface area (Å²) < 4.78 is 48.2. The van der Waals surface area contributed by atoms with Crippen molar-refractivity contribution >= 4 is 11.8 Å². The van der Waals surface area contributed by atoms with E-state index < -0.39 is 28.0 Å². The summed E-state index contributed by atoms with van der Waals surface area (Å²) in [7, 11) is 0. The number of thioether (sulfide) groups is 1. The van der Waals surface area contributed by atoms with Crippen molar-refractivity contribution in [2.24, 2.45) is 0 Å². The number of rotatable bonds is 1. The van der Waals surface area contributed by atoms with Gasteiger partial charge >= 0.3 is 5.51 Å². The predicted octanol–water partition coefficient (Wildman–Crippen LogP) is 3.62. The van der Waals surface area contributed by atoms with E-state index in [1.54, 1.807) is 0 Å². The maximum Gasteiger partial charge on any atom is 0.446 e. The number of halogens is 4. The Balaban J connectivity index is 2.94. The molecule has 0 atom stereocenters. The maximum absolute atomic E-state index is 12.8. The first-order valence-corrected chi connectivity index (χ1v) is 4.07. The molecule has 71 valence electrons. The standard InChI is InChI=1S/C8H5F4S/c1-5-2-3-6(9)7(4-5)13-8(10,11)12/h2-4H,1H2. The van der Waals surface area contributed by atoms with Crippen LogP contribution in [-0.2, 0) is 0 Å². The molecule has 0 saturated heterocycles. The molecule has 0 nitrogen and oxygen atoms in total. The van der Waals surface area contributed by atoms with Gasteiger partial charge in [-0.3, -0.25) is 0 Å². The fourth-order valence-corrected chi connectivity index (χ4v) is 1.38. The van der Waals surface area contributed by atoms with Gasteiger partial charge in [0.25, 0.3) is 0 Å². The first kappa shape index (κ1) is 10.4. The molecular formula is C8H5F4S. The van der Waals surface area contributed by atoms with Gasteiger partial charge in [-0.2, -0.15) is 13.2 Å². The minimum Gasteiger partial charge on any atom is -0.206 e. The lowest BCUT2D eigenvalue weighted by atomic mass is 10.2. The minimum atomic E-state index is -4.46. The highest BCUT2D eigenvalue weighted by Gasteiger charge is 2.30. The van der Waals surface area contributed by atoms with E-state index in [0.29, 0.717) is 5.56 Å². The van der Waals surface area contributed by atoms with Crippen LogP contribution in [0.3, 0.4) is 0 Å². The van der Waals surface area contributed by atoms with Crippen LogP contribution in [0.15, 0.2) is 23.1 Å². The molecule has 5 heteroatoms. The summed E-state index contributed by atoms with van der Waals surface area (Å²) in [6.07, 6.45) is 0. The van der Waals surface area contributed by atoms with E-state index in [2.05, 4.69) is 6.92 Å². The number of hydrogen-bond acceptors (Lipinski definition) is 1. The molecule has 0 aromatic heterocycles. The zero-order valence-corrected chi connectivity index (χ0v) is 7.18. The number of benzene rings is 1. The number of alkyl halides is 3. The Kier molecular flexibility index (Phi) is 2.85. The summed E-state index contributed by atoms with van der Waals surface area (Å²) in [4.78, 5) is -0.444. The van der Waals surface area contributed by atoms with Crippen LogP contribution in [0.2, 0.25) is 0 Å². The molecule has 1 aromatic carbocycles. The summed E-state index contributed by atoms with van der Waals surface area (Å²) in [6, 6.07) is 3.35. The Morgan fingerprint density at radius 1 is 1.23 bits per heavy atom. The van der Waals surface area contributed by atoms with Gasteiger partial charge in [-0.05, 0) is 36.4 Å². The van der Waals surface area contributed by atoms with Crippen LogP contribution in [0.5, 0.6) is 0 Å². The Bertz CT molecular complexity index is 306. The van der Waals surface area contributed by atoms with Gasteiger partial charge in [-0.1, -0.05) is 6.07 Å². The molecule has 0 aliphatic rings. The van der Waals surface area contributed by atoms with Crippen molar-refractivity contribution in [3.63, 3.8) is 0 Å². The zero-order valence-electron chi connectivity index (χ0n) is 6.36. The van der Waals surface area contributed by atoms with Crippen molar-refractivity contribution in [1.82, 2.24) is 0 Å². The van der Waals surface area contributed by atoms with Gasteiger partial charge < -0.3 is 0 Å². The highest BCUT2D eigenvalue weighted by molar-refractivity contribution is 8.00. The fraction of sp³-hybridized carbons (Fsp3) is 0.125. The second kappa shape index (κ2) is 3.57. The molecular weight excluding hydrogens is 204 g/mol. The van der Waals surface area contributed by atoms with Crippen molar-refractivity contribution in [1.29, 1.82) is 0 Å². The normalized spacial score (nSPS) is 11.8. The summed E-state index contributed by atoms with van der Waals surface area (Å²) in [6.45, 7) is 3.40. The highest BCUT2D eigenvalue weighted by Crippen LogP contribution is 2.38. The van der Waals surface area contributed by atoms with Crippen LogP contribution in [0.4, 0.5) is 17.6 Å². The van der Waals surface area contributed by atoms with E-state index in [0.717, 1.165) is 12.1 Å². The van der Waals surface area contributed by atoms with Crippen LogP contribution in [0.25, 0.3) is 0 Å². The molecule has 0 unspecified atom stereocenters. The third-order valence-electron chi connectivity index (χ3n) is 1.22. The van der Waals surface area contributed by atoms with Crippen molar-refractivity contribution in [2.75, 3.05) is 0 Å². The average Bonchev–Trinajstić information content (AvgIpc) is 1.94. The van der Waals surface area contributed by atoms with Gasteiger partial charge in [0.2, 0.25) is 0 Å². The molecule has 0 amide bonds. The molecule has 1 radical (unpaired) electrons. The van der Waals surface area contributed by atoms with Gasteiger partial charge in [0.15, 0.2) is 0 Å². The number of hydrogen-bond donors (Lipinski definition) is 0. The molecule has 0 heterocycles. The smallest absolute Gasteiger partial charge is 0.206 e. The van der Waals surface area contributed by atoms with E-state index in [-0.39, 0.29) is 0 Å². The van der Waals surface area contributed by atoms with Crippen LogP contribution >= 0.6 is 11.8 Å². The van der Waals surface area contributed by atoms with Crippen molar-refractivity contribution in [2.45, 2.75) is 10.4 Å². The van der Waals surface area contributed by atoms with Crippen LogP contribution in [0.1, 0.15) is 5.56 Å². The SMILES string of the molecule is [CH2]c1ccc(F)c(SC(F)(F)F)c1. The molecule has 0 saturated carbocycles. The average molecular weight is 209 g/mol. The lowest BCUT2D eigenvalue weighted by Gasteiger charge is -2.06. The molecule has 1 aromatic rings. The largest absolute Gasteiger partial charge is 0.446 e. The molecule has 13 heavy (non-hydrogen) atoms. The third kappa shape index (κ3) is 3.26. The summed E-state index contributed by atoms with van der Waals surface area (Å²) >= 11 is -0.473. The van der Waals surface area contributed by atoms with Crippen LogP contribution in [-0.4, -0.2) is 5.51 Å². The zero-order chi connectivity index (χ0) is 10.1. The van der Waals surface area contributed by atoms with Crippen molar-refractivity contribution in [3.05, 3.63) is 36.5 Å². The van der Waals surface area contributed by atoms with Gasteiger partial charge in [0, 0.05) is 0 Å². The molecule has 0 bridgehead atoms. The van der Waals surface area contributed by atoms with Crippen LogP contribution in [0, 0.1) is 12.7 Å². The Hall–Kier alpha value is -0.710. The van der Waals surface area contributed by atoms with E-state index in [1.807, 2.05) is 0 Å². The Labute approximate surface area is 76.9 Å². The Morgan fingerprint density at radius 2 is 1.85 bits per heavy atom. The Morgan fingerprint density at radius 3 is 2.38 bits per heavy atom. The summed E-state index contributed by atoms with van der Waals surface area (Å²) in [5.41, 5.74) is -4.11. The predicted molar refractivity (Wildman–Crippen MR) is 42.8 cm³/mol. The van der Waals surface area contributed by atoms with E-state index in [4.69, 9.17) is 0 Å². The second-order valence-electron chi connectivity index (χ2n) is 2.31. The van der Waals surface area contributed by atoms with Gasteiger partial charge in [-0.15, -0.1) is 0 Å². The van der Waals surface area contributed by atoms with Gasteiger partial charge in [-0.25, -0.2) is 4.39 Å². The molecule has 0 aliphatic heterocycles. The minimum absolute atomic E-state index is 0.355. The molecule has 0 N–H and O–H groups in total. The molecule has 0 fully saturated rings. The quantitative estimate of drug-likeness (QED) is 0.502. The summed E-state index contributed by atoms with van der Waals surface area (Å²) in [5.74, 6) is -0.880. The second-order valence-corrected chi connectivity index (χ2v) is 3.42. The van der Waals surface area contributed by atoms with Gasteiger partial charge in [0.1, 0.15) is 5.82 Å². The molecule has 0 aliphatic carbocycles. The summed E-state index contributed by atoms with van der Waals surface area (Å²) in [5, 5.41) is 0. The highest BCUT2D eigenvalue weighted by atomic mass is 32.2. The van der Waals surface area contributed by atoms with Crippen LogP contribution < -0.4 is 0 Å². The first-order valence-electron chi connectivity index (χ1n) is 3.26. The third-order valence-corrected chi connectivity index (χ3v) is 1.99. The first-order chi connectivity index (χ1) is 5.88. The van der Waals surface area contributed by atoms with Gasteiger partial charge in [0.05, 0.1) is 4.90 Å². The van der Waals surface area contributed by atoms with Crippen molar-refractivity contribution in [3.8, 4) is 0 Å². The van der Waals surface area contributed by atoms with E-state index in [9.17, 15) is 17.6 Å². The monoisotopic (exact) mass is 209 g/mol. The lowest BCUT2D eigenvalue weighted by molar-refractivity contribution is -0.0329. The molecule has 1 rings (SSSR count). The molecule has 0 spiro atoms.